The molecule has 2 aliphatic rings. The summed E-state index contributed by atoms with van der Waals surface area (Å²) in [4.78, 5) is 9.38. The molecule has 6 heteroatoms. The van der Waals surface area contributed by atoms with Gasteiger partial charge in [0.15, 0.2) is 11.6 Å². The van der Waals surface area contributed by atoms with Crippen LogP contribution in [0.1, 0.15) is 30.1 Å². The van der Waals surface area contributed by atoms with Crippen molar-refractivity contribution in [2.75, 3.05) is 0 Å². The summed E-state index contributed by atoms with van der Waals surface area (Å²) < 4.78 is 5.44. The van der Waals surface area contributed by atoms with Crippen LogP contribution in [0.3, 0.4) is 0 Å². The van der Waals surface area contributed by atoms with Gasteiger partial charge >= 0.3 is 0 Å². The number of halogens is 1. The first-order valence-corrected chi connectivity index (χ1v) is 9.04. The molecule has 1 aliphatic heterocycles. The first-order valence-electron chi connectivity index (χ1n) is 7.96. The summed E-state index contributed by atoms with van der Waals surface area (Å²) in [5, 5.41) is 4.80. The highest BCUT2D eigenvalue weighted by atomic mass is 127. The van der Waals surface area contributed by atoms with Crippen molar-refractivity contribution < 1.29 is 0 Å². The zero-order valence-corrected chi connectivity index (χ0v) is 15.0. The van der Waals surface area contributed by atoms with E-state index < -0.39 is 0 Å². The van der Waals surface area contributed by atoms with Gasteiger partial charge in [0.1, 0.15) is 0 Å². The highest BCUT2D eigenvalue weighted by Gasteiger charge is 2.27. The third kappa shape index (κ3) is 2.22. The fraction of sp³-hybridized carbons (Fsp3) is 0.353. The second-order valence-electron chi connectivity index (χ2n) is 6.46. The standard InChI is InChI=1S/C17H16IN5/c1-10-15-8-23-17(20-16(21-23)6-11-2-3-11)13-7-12(18)4-5-14(13)22(15)9-19-10/h4-5,7,9,11H,2-3,6,8H2,1H3. The van der Waals surface area contributed by atoms with Crippen molar-refractivity contribution in [1.82, 2.24) is 24.3 Å². The number of hydrogen-bond acceptors (Lipinski definition) is 3. The van der Waals surface area contributed by atoms with Crippen molar-refractivity contribution in [3.63, 3.8) is 0 Å². The normalized spacial score (nSPS) is 15.7. The average Bonchev–Trinajstić information content (AvgIpc) is 3.17. The Hall–Kier alpha value is -1.70. The second-order valence-corrected chi connectivity index (χ2v) is 7.71. The highest BCUT2D eigenvalue weighted by Crippen LogP contribution is 2.35. The minimum atomic E-state index is 0.726. The molecular weight excluding hydrogens is 401 g/mol. The molecule has 3 heterocycles. The molecule has 0 radical (unpaired) electrons. The van der Waals surface area contributed by atoms with Crippen LogP contribution in [0.2, 0.25) is 0 Å². The monoisotopic (exact) mass is 417 g/mol. The molecule has 116 valence electrons. The van der Waals surface area contributed by atoms with Crippen molar-refractivity contribution in [3.05, 3.63) is 45.3 Å². The molecule has 0 spiro atoms. The van der Waals surface area contributed by atoms with Crippen LogP contribution in [0.5, 0.6) is 0 Å². The smallest absolute Gasteiger partial charge is 0.160 e. The van der Waals surface area contributed by atoms with Crippen LogP contribution in [-0.2, 0) is 13.0 Å². The van der Waals surface area contributed by atoms with Gasteiger partial charge < -0.3 is 4.57 Å². The first kappa shape index (κ1) is 13.7. The molecule has 2 aromatic heterocycles. The summed E-state index contributed by atoms with van der Waals surface area (Å²) >= 11 is 2.36. The molecule has 5 rings (SSSR count). The maximum atomic E-state index is 4.88. The largest absolute Gasteiger partial charge is 0.300 e. The lowest BCUT2D eigenvalue weighted by Gasteiger charge is -2.08. The lowest BCUT2D eigenvalue weighted by atomic mass is 10.1. The van der Waals surface area contributed by atoms with Gasteiger partial charge in [0, 0.05) is 15.6 Å². The number of rotatable bonds is 2. The molecule has 0 atom stereocenters. The molecule has 1 aliphatic carbocycles. The Morgan fingerprint density at radius 1 is 1.30 bits per heavy atom. The summed E-state index contributed by atoms with van der Waals surface area (Å²) in [6, 6.07) is 6.49. The Bertz CT molecular complexity index is 919. The molecule has 0 bridgehead atoms. The van der Waals surface area contributed by atoms with E-state index in [0.717, 1.165) is 47.5 Å². The number of aryl methyl sites for hydroxylation is 1. The number of nitrogens with zero attached hydrogens (tertiary/aromatic N) is 5. The highest BCUT2D eigenvalue weighted by molar-refractivity contribution is 14.1. The molecule has 0 N–H and O–H groups in total. The Kier molecular flexibility index (Phi) is 2.92. The van der Waals surface area contributed by atoms with E-state index in [0.29, 0.717) is 0 Å². The summed E-state index contributed by atoms with van der Waals surface area (Å²) in [6.07, 6.45) is 5.57. The Morgan fingerprint density at radius 2 is 2.17 bits per heavy atom. The number of hydrogen-bond donors (Lipinski definition) is 0. The maximum absolute atomic E-state index is 4.88. The number of benzene rings is 1. The van der Waals surface area contributed by atoms with Crippen LogP contribution in [-0.4, -0.2) is 24.3 Å². The minimum Gasteiger partial charge on any atom is -0.300 e. The van der Waals surface area contributed by atoms with Crippen LogP contribution in [0.4, 0.5) is 0 Å². The molecule has 3 aromatic rings. The van der Waals surface area contributed by atoms with Gasteiger partial charge in [-0.3, -0.25) is 0 Å². The van der Waals surface area contributed by atoms with E-state index in [9.17, 15) is 0 Å². The van der Waals surface area contributed by atoms with Gasteiger partial charge in [0.05, 0.1) is 29.9 Å². The third-order valence-corrected chi connectivity index (χ3v) is 5.39. The summed E-state index contributed by atoms with van der Waals surface area (Å²) in [5.74, 6) is 2.76. The van der Waals surface area contributed by atoms with Crippen molar-refractivity contribution in [2.45, 2.75) is 32.7 Å². The zero-order chi connectivity index (χ0) is 15.6. The van der Waals surface area contributed by atoms with E-state index in [1.807, 2.05) is 6.33 Å². The molecule has 0 saturated heterocycles. The van der Waals surface area contributed by atoms with E-state index in [-0.39, 0.29) is 0 Å². The predicted octanol–water partition coefficient (Wildman–Crippen LogP) is 3.36. The summed E-state index contributed by atoms with van der Waals surface area (Å²) in [7, 11) is 0. The van der Waals surface area contributed by atoms with Crippen molar-refractivity contribution in [2.24, 2.45) is 5.92 Å². The summed E-state index contributed by atoms with van der Waals surface area (Å²) in [6.45, 7) is 2.79. The SMILES string of the molecule is Cc1ncn2c1Cn1nc(CC3CC3)nc1-c1cc(I)ccc1-2. The fourth-order valence-corrected chi connectivity index (χ4v) is 3.76. The third-order valence-electron chi connectivity index (χ3n) is 4.72. The fourth-order valence-electron chi connectivity index (χ4n) is 3.27. The Labute approximate surface area is 147 Å². The zero-order valence-electron chi connectivity index (χ0n) is 12.8. The van der Waals surface area contributed by atoms with Gasteiger partial charge in [-0.1, -0.05) is 0 Å². The molecule has 0 amide bonds. The lowest BCUT2D eigenvalue weighted by molar-refractivity contribution is 0.651. The molecule has 1 aromatic carbocycles. The number of aromatic nitrogens is 5. The van der Waals surface area contributed by atoms with E-state index in [2.05, 4.69) is 61.9 Å². The minimum absolute atomic E-state index is 0.726. The predicted molar refractivity (Wildman–Crippen MR) is 95.6 cm³/mol. The summed E-state index contributed by atoms with van der Waals surface area (Å²) in [5.41, 5.74) is 4.53. The van der Waals surface area contributed by atoms with E-state index >= 15 is 0 Å². The van der Waals surface area contributed by atoms with Crippen molar-refractivity contribution in [1.29, 1.82) is 0 Å². The van der Waals surface area contributed by atoms with Crippen molar-refractivity contribution in [3.8, 4) is 17.1 Å². The van der Waals surface area contributed by atoms with E-state index in [1.54, 1.807) is 0 Å². The van der Waals surface area contributed by atoms with Crippen molar-refractivity contribution >= 4 is 22.6 Å². The maximum Gasteiger partial charge on any atom is 0.160 e. The van der Waals surface area contributed by atoms with Crippen LogP contribution in [0.15, 0.2) is 24.5 Å². The number of imidazole rings is 1. The Morgan fingerprint density at radius 3 is 3.00 bits per heavy atom. The first-order chi connectivity index (χ1) is 11.2. The number of fused-ring (bicyclic) bond motifs is 5. The molecule has 1 saturated carbocycles. The van der Waals surface area contributed by atoms with Gasteiger partial charge in [-0.2, -0.15) is 5.10 Å². The average molecular weight is 417 g/mol. The van der Waals surface area contributed by atoms with Gasteiger partial charge in [0.2, 0.25) is 0 Å². The van der Waals surface area contributed by atoms with Crippen LogP contribution < -0.4 is 0 Å². The molecule has 23 heavy (non-hydrogen) atoms. The van der Waals surface area contributed by atoms with E-state index in [1.165, 1.54) is 22.1 Å². The molecular formula is C17H16IN5. The molecule has 0 unspecified atom stereocenters. The van der Waals surface area contributed by atoms with Crippen LogP contribution >= 0.6 is 22.6 Å². The quantitative estimate of drug-likeness (QED) is 0.470. The Balaban J connectivity index is 1.74. The van der Waals surface area contributed by atoms with E-state index in [4.69, 9.17) is 10.1 Å². The lowest BCUT2D eigenvalue weighted by Crippen LogP contribution is -2.06. The molecule has 1 fully saturated rings. The van der Waals surface area contributed by atoms with Gasteiger partial charge in [0.25, 0.3) is 0 Å². The topological polar surface area (TPSA) is 48.5 Å². The van der Waals surface area contributed by atoms with Gasteiger partial charge in [-0.25, -0.2) is 14.6 Å². The molecule has 5 nitrogen and oxygen atoms in total. The second kappa shape index (κ2) is 4.90. The van der Waals surface area contributed by atoms with Crippen LogP contribution in [0.25, 0.3) is 17.1 Å². The van der Waals surface area contributed by atoms with Gasteiger partial charge in [-0.05, 0) is 66.5 Å². The van der Waals surface area contributed by atoms with Gasteiger partial charge in [-0.15, -0.1) is 0 Å². The van der Waals surface area contributed by atoms with Crippen LogP contribution in [0, 0.1) is 16.4 Å².